The van der Waals surface area contributed by atoms with Crippen LogP contribution in [0.25, 0.3) is 0 Å². The molecular formula is C22H55NO2Si3. The van der Waals surface area contributed by atoms with Gasteiger partial charge in [0.2, 0.25) is 0 Å². The number of unbranched alkanes of at least 4 members (excludes halogenated alkanes) is 9. The van der Waals surface area contributed by atoms with Crippen LogP contribution in [0, 0.1) is 0 Å². The Kier molecular flexibility index (Phi) is 21.4. The molecule has 0 N–H and O–H groups in total. The quantitative estimate of drug-likeness (QED) is 0.177. The zero-order chi connectivity index (χ0) is 21.9. The molecule has 28 heavy (non-hydrogen) atoms. The van der Waals surface area contributed by atoms with Crippen molar-refractivity contribution in [2.45, 2.75) is 124 Å². The maximum Gasteiger partial charge on any atom is 0.304 e. The van der Waals surface area contributed by atoms with Gasteiger partial charge in [-0.3, -0.25) is 0 Å². The van der Waals surface area contributed by atoms with E-state index in [2.05, 4.69) is 50.4 Å². The van der Waals surface area contributed by atoms with Gasteiger partial charge in [0.1, 0.15) is 16.5 Å². The van der Waals surface area contributed by atoms with Crippen molar-refractivity contribution < 1.29 is 8.85 Å². The van der Waals surface area contributed by atoms with E-state index in [0.29, 0.717) is 0 Å². The molecule has 0 saturated carbocycles. The van der Waals surface area contributed by atoms with Crippen LogP contribution in [0.5, 0.6) is 0 Å². The first-order chi connectivity index (χ1) is 13.1. The van der Waals surface area contributed by atoms with Gasteiger partial charge >= 0.3 is 10.0 Å². The van der Waals surface area contributed by atoms with E-state index in [1.807, 2.05) is 13.8 Å². The predicted octanol–water partition coefficient (Wildman–Crippen LogP) is 6.94. The van der Waals surface area contributed by atoms with Crippen molar-refractivity contribution in [1.82, 2.24) is 4.23 Å². The van der Waals surface area contributed by atoms with E-state index in [9.17, 15) is 0 Å². The van der Waals surface area contributed by atoms with Crippen molar-refractivity contribution in [3.8, 4) is 0 Å². The molecule has 6 heteroatoms. The van der Waals surface area contributed by atoms with Gasteiger partial charge < -0.3 is 13.1 Å². The summed E-state index contributed by atoms with van der Waals surface area (Å²) in [6.45, 7) is 24.3. The topological polar surface area (TPSA) is 21.7 Å². The Labute approximate surface area is 183 Å². The summed E-state index contributed by atoms with van der Waals surface area (Å²) in [5, 5.41) is 0. The fourth-order valence-electron chi connectivity index (χ4n) is 3.66. The maximum atomic E-state index is 4.99. The smallest absolute Gasteiger partial charge is 0.304 e. The van der Waals surface area contributed by atoms with Crippen LogP contribution in [0.15, 0.2) is 0 Å². The molecule has 0 amide bonds. The van der Waals surface area contributed by atoms with Crippen molar-refractivity contribution in [3.05, 3.63) is 0 Å². The van der Waals surface area contributed by atoms with Gasteiger partial charge in [-0.1, -0.05) is 104 Å². The molecule has 0 unspecified atom stereocenters. The second-order valence-corrected chi connectivity index (χ2v) is 21.0. The van der Waals surface area contributed by atoms with Gasteiger partial charge in [0, 0.05) is 13.2 Å². The standard InChI is InChI=1S/C18H43NSi2.C4H12O2Si/c1-8-9-10-11-12-13-14-15-16-17-18-19(20(2,3)4)21(5,6)7;1-3-5-7-6-4-2/h8-18H2,1-7H3;3-4,7H2,1-2H3. The molecule has 0 aliphatic carbocycles. The molecular weight excluding hydrogens is 395 g/mol. The minimum Gasteiger partial charge on any atom is -0.399 e. The minimum absolute atomic E-state index is 0.589. The van der Waals surface area contributed by atoms with Gasteiger partial charge in [-0.05, 0) is 26.8 Å². The lowest BCUT2D eigenvalue weighted by Gasteiger charge is -2.43. The predicted molar refractivity (Wildman–Crippen MR) is 137 cm³/mol. The zero-order valence-corrected chi connectivity index (χ0v) is 24.6. The first kappa shape index (κ1) is 30.7. The molecule has 0 aliphatic heterocycles. The molecule has 0 aliphatic rings. The summed E-state index contributed by atoms with van der Waals surface area (Å²) in [6.07, 6.45) is 14.4. The van der Waals surface area contributed by atoms with Crippen LogP contribution in [-0.2, 0) is 8.85 Å². The van der Waals surface area contributed by atoms with E-state index in [1.165, 1.54) is 70.8 Å². The van der Waals surface area contributed by atoms with Gasteiger partial charge in [-0.2, -0.15) is 0 Å². The summed E-state index contributed by atoms with van der Waals surface area (Å²) in [5.74, 6) is 0. The molecule has 0 rings (SSSR count). The van der Waals surface area contributed by atoms with E-state index in [-0.39, 0.29) is 0 Å². The molecule has 172 valence electrons. The second kappa shape index (κ2) is 19.5. The van der Waals surface area contributed by atoms with Crippen LogP contribution < -0.4 is 0 Å². The average Bonchev–Trinajstić information content (AvgIpc) is 2.58. The van der Waals surface area contributed by atoms with Gasteiger partial charge in [-0.25, -0.2) is 0 Å². The van der Waals surface area contributed by atoms with Gasteiger partial charge in [0.25, 0.3) is 0 Å². The first-order valence-electron chi connectivity index (χ1n) is 12.0. The molecule has 0 aromatic rings. The Bertz CT molecular complexity index is 300. The molecule has 0 aromatic carbocycles. The van der Waals surface area contributed by atoms with E-state index in [0.717, 1.165) is 13.2 Å². The third-order valence-electron chi connectivity index (χ3n) is 4.93. The fraction of sp³-hybridized carbons (Fsp3) is 1.00. The summed E-state index contributed by atoms with van der Waals surface area (Å²) in [5.41, 5.74) is 0. The highest BCUT2D eigenvalue weighted by Crippen LogP contribution is 2.21. The summed E-state index contributed by atoms with van der Waals surface area (Å²) in [7, 11) is -2.83. The van der Waals surface area contributed by atoms with Crippen molar-refractivity contribution in [1.29, 1.82) is 0 Å². The van der Waals surface area contributed by atoms with Crippen molar-refractivity contribution in [2.75, 3.05) is 19.8 Å². The van der Waals surface area contributed by atoms with Crippen molar-refractivity contribution in [2.24, 2.45) is 0 Å². The van der Waals surface area contributed by atoms with Gasteiger partial charge in [0.15, 0.2) is 0 Å². The van der Waals surface area contributed by atoms with E-state index < -0.39 is 26.5 Å². The Morgan fingerprint density at radius 3 is 1.25 bits per heavy atom. The van der Waals surface area contributed by atoms with Crippen LogP contribution >= 0.6 is 0 Å². The highest BCUT2D eigenvalue weighted by atomic mass is 28.4. The largest absolute Gasteiger partial charge is 0.399 e. The number of hydrogen-bond acceptors (Lipinski definition) is 3. The Morgan fingerprint density at radius 1 is 0.571 bits per heavy atom. The molecule has 0 bridgehead atoms. The van der Waals surface area contributed by atoms with Crippen LogP contribution in [0.4, 0.5) is 0 Å². The van der Waals surface area contributed by atoms with Crippen LogP contribution in [0.1, 0.15) is 85.0 Å². The van der Waals surface area contributed by atoms with Crippen molar-refractivity contribution in [3.63, 3.8) is 0 Å². The lowest BCUT2D eigenvalue weighted by atomic mass is 10.1. The summed E-state index contributed by atoms with van der Waals surface area (Å²) < 4.78 is 12.9. The molecule has 0 spiro atoms. The normalized spacial score (nSPS) is 12.2. The summed E-state index contributed by atoms with van der Waals surface area (Å²) >= 11 is 0. The maximum absolute atomic E-state index is 4.99. The fourth-order valence-corrected chi connectivity index (χ4v) is 13.8. The molecule has 0 atom stereocenters. The van der Waals surface area contributed by atoms with Crippen LogP contribution in [-0.4, -0.2) is 50.5 Å². The lowest BCUT2D eigenvalue weighted by molar-refractivity contribution is 0.240. The zero-order valence-electron chi connectivity index (χ0n) is 21.2. The van der Waals surface area contributed by atoms with Gasteiger partial charge in [0.05, 0.1) is 0 Å². The summed E-state index contributed by atoms with van der Waals surface area (Å²) in [6, 6.07) is 0. The molecule has 0 heterocycles. The van der Waals surface area contributed by atoms with E-state index in [1.54, 1.807) is 0 Å². The molecule has 0 fully saturated rings. The Hall–Kier alpha value is 0.531. The first-order valence-corrected chi connectivity index (χ1v) is 20.1. The number of hydrogen-bond donors (Lipinski definition) is 0. The Morgan fingerprint density at radius 2 is 0.929 bits per heavy atom. The third kappa shape index (κ3) is 21.2. The average molecular weight is 450 g/mol. The molecule has 0 saturated heterocycles. The highest BCUT2D eigenvalue weighted by Gasteiger charge is 2.33. The lowest BCUT2D eigenvalue weighted by Crippen LogP contribution is -2.59. The Balaban J connectivity index is 0. The van der Waals surface area contributed by atoms with Gasteiger partial charge in [-0.15, -0.1) is 0 Å². The van der Waals surface area contributed by atoms with Crippen LogP contribution in [0.3, 0.4) is 0 Å². The third-order valence-corrected chi connectivity index (χ3v) is 13.8. The molecule has 0 aromatic heterocycles. The monoisotopic (exact) mass is 449 g/mol. The number of nitrogens with zero attached hydrogens (tertiary/aromatic N) is 1. The molecule has 3 nitrogen and oxygen atoms in total. The minimum atomic E-state index is -1.12. The summed E-state index contributed by atoms with van der Waals surface area (Å²) in [4.78, 5) is 0. The highest BCUT2D eigenvalue weighted by molar-refractivity contribution is 6.89. The van der Waals surface area contributed by atoms with E-state index >= 15 is 0 Å². The molecule has 0 radical (unpaired) electrons. The SMILES string of the molecule is CCCCCCCCCCCCN([Si](C)(C)C)[Si](C)(C)C.CCO[SiH2]OCC. The van der Waals surface area contributed by atoms with Crippen LogP contribution in [0.2, 0.25) is 39.3 Å². The number of rotatable bonds is 17. The second-order valence-electron chi connectivity index (χ2n) is 9.78. The van der Waals surface area contributed by atoms with E-state index in [4.69, 9.17) is 8.85 Å². The van der Waals surface area contributed by atoms with Crippen molar-refractivity contribution >= 4 is 26.5 Å².